The summed E-state index contributed by atoms with van der Waals surface area (Å²) in [6.07, 6.45) is 2.49. The van der Waals surface area contributed by atoms with Crippen LogP contribution in [-0.4, -0.2) is 35.7 Å². The molecule has 4 nitrogen and oxygen atoms in total. The lowest BCUT2D eigenvalue weighted by atomic mass is 10.0. The molecule has 1 saturated carbocycles. The number of carbonyl (C=O) groups is 1. The quantitative estimate of drug-likeness (QED) is 0.836. The smallest absolute Gasteiger partial charge is 0.225 e. The largest absolute Gasteiger partial charge is 0.390 e. The van der Waals surface area contributed by atoms with Gasteiger partial charge in [-0.3, -0.25) is 4.79 Å². The highest BCUT2D eigenvalue weighted by molar-refractivity contribution is 6.01. The highest BCUT2D eigenvalue weighted by atomic mass is 19.1. The fourth-order valence-electron chi connectivity index (χ4n) is 2.57. The second kappa shape index (κ2) is 5.84. The van der Waals surface area contributed by atoms with Crippen molar-refractivity contribution in [2.75, 3.05) is 13.1 Å². The Balaban J connectivity index is 1.59. The number of halogens is 1. The van der Waals surface area contributed by atoms with E-state index in [2.05, 4.69) is 5.16 Å². The molecule has 1 fully saturated rings. The molecule has 112 valence electrons. The number of nitrogens with zero attached hydrogens (tertiary/aromatic N) is 2. The molecular formula is C16H19FN2O2. The molecule has 0 aromatic heterocycles. The van der Waals surface area contributed by atoms with E-state index < -0.39 is 0 Å². The predicted octanol–water partition coefficient (Wildman–Crippen LogP) is 2.58. The minimum Gasteiger partial charge on any atom is -0.390 e. The van der Waals surface area contributed by atoms with Crippen LogP contribution in [0, 0.1) is 11.7 Å². The van der Waals surface area contributed by atoms with Crippen LogP contribution in [-0.2, 0) is 9.63 Å². The second-order valence-corrected chi connectivity index (χ2v) is 5.63. The maximum absolute atomic E-state index is 13.2. The van der Waals surface area contributed by atoms with Crippen molar-refractivity contribution >= 4 is 11.6 Å². The van der Waals surface area contributed by atoms with Crippen LogP contribution in [0.15, 0.2) is 29.4 Å². The van der Waals surface area contributed by atoms with Crippen LogP contribution in [0.5, 0.6) is 0 Å². The Labute approximate surface area is 123 Å². The van der Waals surface area contributed by atoms with Crippen molar-refractivity contribution in [3.63, 3.8) is 0 Å². The number of carbonyl (C=O) groups excluding carboxylic acids is 1. The zero-order chi connectivity index (χ0) is 14.8. The van der Waals surface area contributed by atoms with Crippen molar-refractivity contribution in [1.29, 1.82) is 0 Å². The SMILES string of the molecule is CCN(C[C@@H]1CC(c2cccc(F)c2)=NO1)C(=O)C1CC1. The predicted molar refractivity (Wildman–Crippen MR) is 77.4 cm³/mol. The monoisotopic (exact) mass is 290 g/mol. The van der Waals surface area contributed by atoms with Gasteiger partial charge in [0.2, 0.25) is 5.91 Å². The van der Waals surface area contributed by atoms with E-state index in [4.69, 9.17) is 4.84 Å². The van der Waals surface area contributed by atoms with Gasteiger partial charge in [-0.15, -0.1) is 0 Å². The molecule has 0 N–H and O–H groups in total. The topological polar surface area (TPSA) is 41.9 Å². The lowest BCUT2D eigenvalue weighted by Crippen LogP contribution is -2.38. The molecule has 1 amide bonds. The lowest BCUT2D eigenvalue weighted by Gasteiger charge is -2.23. The summed E-state index contributed by atoms with van der Waals surface area (Å²) in [5.74, 6) is 0.160. The lowest BCUT2D eigenvalue weighted by molar-refractivity contribution is -0.134. The second-order valence-electron chi connectivity index (χ2n) is 5.63. The Morgan fingerprint density at radius 2 is 2.29 bits per heavy atom. The van der Waals surface area contributed by atoms with Crippen molar-refractivity contribution in [3.05, 3.63) is 35.6 Å². The third kappa shape index (κ3) is 3.23. The molecule has 2 aliphatic rings. The van der Waals surface area contributed by atoms with E-state index in [1.165, 1.54) is 12.1 Å². The Kier molecular flexibility index (Phi) is 3.90. The molecule has 5 heteroatoms. The van der Waals surface area contributed by atoms with Crippen LogP contribution in [0.4, 0.5) is 4.39 Å². The van der Waals surface area contributed by atoms with Crippen molar-refractivity contribution < 1.29 is 14.0 Å². The average molecular weight is 290 g/mol. The van der Waals surface area contributed by atoms with Gasteiger partial charge in [-0.1, -0.05) is 17.3 Å². The molecule has 21 heavy (non-hydrogen) atoms. The zero-order valence-corrected chi connectivity index (χ0v) is 12.1. The van der Waals surface area contributed by atoms with E-state index in [9.17, 15) is 9.18 Å². The average Bonchev–Trinajstić information content (AvgIpc) is 3.23. The number of rotatable bonds is 5. The van der Waals surface area contributed by atoms with Crippen molar-refractivity contribution in [1.82, 2.24) is 4.90 Å². The van der Waals surface area contributed by atoms with Gasteiger partial charge in [-0.05, 0) is 31.9 Å². The van der Waals surface area contributed by atoms with Gasteiger partial charge in [0.1, 0.15) is 5.82 Å². The van der Waals surface area contributed by atoms with E-state index in [0.717, 1.165) is 24.1 Å². The molecule has 0 bridgehead atoms. The first kappa shape index (κ1) is 14.0. The maximum atomic E-state index is 13.2. The van der Waals surface area contributed by atoms with E-state index in [-0.39, 0.29) is 23.7 Å². The van der Waals surface area contributed by atoms with Crippen molar-refractivity contribution in [2.24, 2.45) is 11.1 Å². The van der Waals surface area contributed by atoms with E-state index in [0.29, 0.717) is 19.5 Å². The normalized spacial score (nSPS) is 20.9. The van der Waals surface area contributed by atoms with Gasteiger partial charge in [0, 0.05) is 24.4 Å². The van der Waals surface area contributed by atoms with Crippen molar-refractivity contribution in [2.45, 2.75) is 32.3 Å². The van der Waals surface area contributed by atoms with Crippen LogP contribution >= 0.6 is 0 Å². The number of hydrogen-bond acceptors (Lipinski definition) is 3. The van der Waals surface area contributed by atoms with Crippen LogP contribution in [0.1, 0.15) is 31.7 Å². The van der Waals surface area contributed by atoms with Crippen molar-refractivity contribution in [3.8, 4) is 0 Å². The van der Waals surface area contributed by atoms with Gasteiger partial charge >= 0.3 is 0 Å². The van der Waals surface area contributed by atoms with Crippen LogP contribution in [0.25, 0.3) is 0 Å². The first-order chi connectivity index (χ1) is 10.2. The molecule has 1 aromatic rings. The summed E-state index contributed by atoms with van der Waals surface area (Å²) in [5.41, 5.74) is 1.49. The summed E-state index contributed by atoms with van der Waals surface area (Å²) in [4.78, 5) is 19.4. The van der Waals surface area contributed by atoms with Crippen LogP contribution in [0.2, 0.25) is 0 Å². The molecule has 1 aliphatic heterocycles. The number of amides is 1. The molecular weight excluding hydrogens is 271 g/mol. The summed E-state index contributed by atoms with van der Waals surface area (Å²) in [5, 5.41) is 4.05. The van der Waals surface area contributed by atoms with Crippen LogP contribution in [0.3, 0.4) is 0 Å². The standard InChI is InChI=1S/C16H19FN2O2/c1-2-19(16(20)11-6-7-11)10-14-9-15(18-21-14)12-4-3-5-13(17)8-12/h3-5,8,11,14H,2,6-7,9-10H2,1H3/t14-/m0/s1. The maximum Gasteiger partial charge on any atom is 0.225 e. The summed E-state index contributed by atoms with van der Waals surface area (Å²) in [6, 6.07) is 6.35. The molecule has 1 aromatic carbocycles. The van der Waals surface area contributed by atoms with E-state index >= 15 is 0 Å². The van der Waals surface area contributed by atoms with Gasteiger partial charge in [0.05, 0.1) is 12.3 Å². The van der Waals surface area contributed by atoms with Crippen LogP contribution < -0.4 is 0 Å². The minimum atomic E-state index is -0.280. The summed E-state index contributed by atoms with van der Waals surface area (Å²) in [6.45, 7) is 3.21. The third-order valence-corrected chi connectivity index (χ3v) is 3.93. The van der Waals surface area contributed by atoms with Gasteiger partial charge < -0.3 is 9.74 Å². The number of benzene rings is 1. The Bertz CT molecular complexity index is 569. The molecule has 1 atom stereocenters. The highest BCUT2D eigenvalue weighted by Crippen LogP contribution is 2.31. The Hall–Kier alpha value is -1.91. The third-order valence-electron chi connectivity index (χ3n) is 3.93. The molecule has 1 aliphatic carbocycles. The summed E-state index contributed by atoms with van der Waals surface area (Å²) < 4.78 is 13.2. The first-order valence-corrected chi connectivity index (χ1v) is 7.44. The van der Waals surface area contributed by atoms with E-state index in [1.54, 1.807) is 6.07 Å². The van der Waals surface area contributed by atoms with Gasteiger partial charge in [0.15, 0.2) is 6.10 Å². The Morgan fingerprint density at radius 3 is 2.95 bits per heavy atom. The fraction of sp³-hybridized carbons (Fsp3) is 0.500. The minimum absolute atomic E-state index is 0.133. The van der Waals surface area contributed by atoms with Gasteiger partial charge in [-0.2, -0.15) is 0 Å². The Morgan fingerprint density at radius 1 is 1.48 bits per heavy atom. The highest BCUT2D eigenvalue weighted by Gasteiger charge is 2.35. The summed E-state index contributed by atoms with van der Waals surface area (Å²) in [7, 11) is 0. The molecule has 0 saturated heterocycles. The molecule has 3 rings (SSSR count). The van der Waals surface area contributed by atoms with Gasteiger partial charge in [0.25, 0.3) is 0 Å². The number of oxime groups is 1. The molecule has 0 unspecified atom stereocenters. The molecule has 1 heterocycles. The first-order valence-electron chi connectivity index (χ1n) is 7.44. The summed E-state index contributed by atoms with van der Waals surface area (Å²) >= 11 is 0. The molecule has 0 spiro atoms. The van der Waals surface area contributed by atoms with Gasteiger partial charge in [-0.25, -0.2) is 4.39 Å². The number of hydrogen-bond donors (Lipinski definition) is 0. The van der Waals surface area contributed by atoms with E-state index in [1.807, 2.05) is 17.9 Å². The molecule has 0 radical (unpaired) electrons. The zero-order valence-electron chi connectivity index (χ0n) is 12.1. The fourth-order valence-corrected chi connectivity index (χ4v) is 2.57. The number of likely N-dealkylation sites (N-methyl/N-ethyl adjacent to an activating group) is 1.